The van der Waals surface area contributed by atoms with Gasteiger partial charge in [-0.25, -0.2) is 13.6 Å². The number of hydrogen-bond acceptors (Lipinski definition) is 4. The van der Waals surface area contributed by atoms with Gasteiger partial charge in [0, 0.05) is 4.90 Å². The predicted octanol–water partition coefficient (Wildman–Crippen LogP) is 4.50. The Bertz CT molecular complexity index is 783. The quantitative estimate of drug-likeness (QED) is 0.768. The zero-order valence-corrected chi connectivity index (χ0v) is 15.1. The van der Waals surface area contributed by atoms with E-state index in [4.69, 9.17) is 5.14 Å². The van der Waals surface area contributed by atoms with Crippen LogP contribution in [0.15, 0.2) is 58.3 Å². The van der Waals surface area contributed by atoms with Gasteiger partial charge in [0.25, 0.3) is 0 Å². The van der Waals surface area contributed by atoms with Crippen molar-refractivity contribution in [2.75, 3.05) is 4.72 Å². The minimum Gasteiger partial charge on any atom is -0.324 e. The van der Waals surface area contributed by atoms with Gasteiger partial charge >= 0.3 is 0 Å². The average Bonchev–Trinajstić information content (AvgIpc) is 2.61. The van der Waals surface area contributed by atoms with Gasteiger partial charge in [0.2, 0.25) is 10.0 Å². The molecule has 0 amide bonds. The van der Waals surface area contributed by atoms with Crippen LogP contribution >= 0.6 is 11.9 Å². The van der Waals surface area contributed by atoms with Crippen LogP contribution in [0.3, 0.4) is 0 Å². The Kier molecular flexibility index (Phi) is 5.48. The molecule has 0 atom stereocenters. The van der Waals surface area contributed by atoms with Crippen molar-refractivity contribution in [2.24, 2.45) is 5.14 Å². The molecule has 6 heteroatoms. The van der Waals surface area contributed by atoms with Crippen LogP contribution in [0.5, 0.6) is 0 Å². The van der Waals surface area contributed by atoms with E-state index in [1.165, 1.54) is 55.7 Å². The first kappa shape index (κ1) is 17.3. The minimum absolute atomic E-state index is 0.108. The third-order valence-electron chi connectivity index (χ3n) is 4.43. The maximum absolute atomic E-state index is 11.6. The molecule has 1 aliphatic carbocycles. The maximum Gasteiger partial charge on any atom is 0.240 e. The lowest BCUT2D eigenvalue weighted by Crippen LogP contribution is -2.13. The van der Waals surface area contributed by atoms with E-state index in [1.807, 2.05) is 0 Å². The number of rotatable bonds is 5. The van der Waals surface area contributed by atoms with Gasteiger partial charge in [0.1, 0.15) is 4.90 Å². The molecule has 128 valence electrons. The molecule has 0 spiro atoms. The van der Waals surface area contributed by atoms with E-state index in [2.05, 4.69) is 29.0 Å². The number of para-hydroxylation sites is 1. The number of nitrogens with two attached hydrogens (primary N) is 1. The predicted molar refractivity (Wildman–Crippen MR) is 99.6 cm³/mol. The first-order valence-corrected chi connectivity index (χ1v) is 10.5. The van der Waals surface area contributed by atoms with Gasteiger partial charge in [0.15, 0.2) is 0 Å². The molecule has 0 aliphatic heterocycles. The fourth-order valence-corrected chi connectivity index (χ4v) is 4.59. The molecule has 1 fully saturated rings. The molecule has 1 aliphatic rings. The maximum atomic E-state index is 11.6. The van der Waals surface area contributed by atoms with Crippen molar-refractivity contribution in [3.63, 3.8) is 0 Å². The molecular formula is C18H22N2O2S2. The Morgan fingerprint density at radius 1 is 0.958 bits per heavy atom. The van der Waals surface area contributed by atoms with E-state index in [0.29, 0.717) is 11.6 Å². The summed E-state index contributed by atoms with van der Waals surface area (Å²) in [7, 11) is -3.73. The van der Waals surface area contributed by atoms with Gasteiger partial charge in [0.05, 0.1) is 5.69 Å². The third-order valence-corrected chi connectivity index (χ3v) is 6.23. The van der Waals surface area contributed by atoms with Crippen LogP contribution < -0.4 is 9.86 Å². The van der Waals surface area contributed by atoms with Crippen LogP contribution in [-0.4, -0.2) is 8.42 Å². The SMILES string of the molecule is NS(=O)(=O)c1ccccc1NSc1ccc(C2CCCCC2)cc1. The number of sulfonamides is 1. The van der Waals surface area contributed by atoms with Crippen molar-refractivity contribution in [1.29, 1.82) is 0 Å². The summed E-state index contributed by atoms with van der Waals surface area (Å²) in [6, 6.07) is 15.2. The van der Waals surface area contributed by atoms with E-state index >= 15 is 0 Å². The Hall–Kier alpha value is -1.50. The summed E-state index contributed by atoms with van der Waals surface area (Å²) in [6.07, 6.45) is 6.58. The lowest BCUT2D eigenvalue weighted by Gasteiger charge is -2.22. The van der Waals surface area contributed by atoms with Crippen molar-refractivity contribution in [2.45, 2.75) is 47.8 Å². The standard InChI is InChI=1S/C18H22N2O2S2/c19-24(21,22)18-9-5-4-8-17(18)20-23-16-12-10-15(11-13-16)14-6-2-1-3-7-14/h4-5,8-14,20H,1-3,6-7H2,(H2,19,21,22). The molecule has 2 aromatic rings. The topological polar surface area (TPSA) is 72.2 Å². The van der Waals surface area contributed by atoms with Crippen LogP contribution in [0.2, 0.25) is 0 Å². The van der Waals surface area contributed by atoms with Crippen molar-refractivity contribution >= 4 is 27.7 Å². The smallest absolute Gasteiger partial charge is 0.240 e. The van der Waals surface area contributed by atoms with Crippen LogP contribution in [0, 0.1) is 0 Å². The van der Waals surface area contributed by atoms with Crippen molar-refractivity contribution in [1.82, 2.24) is 0 Å². The second-order valence-electron chi connectivity index (χ2n) is 6.15. The number of hydrogen-bond donors (Lipinski definition) is 2. The van der Waals surface area contributed by atoms with Crippen LogP contribution in [0.25, 0.3) is 0 Å². The molecule has 3 N–H and O–H groups in total. The van der Waals surface area contributed by atoms with Crippen molar-refractivity contribution in [3.05, 3.63) is 54.1 Å². The third kappa shape index (κ3) is 4.32. The second-order valence-corrected chi connectivity index (χ2v) is 8.56. The average molecular weight is 363 g/mol. The summed E-state index contributed by atoms with van der Waals surface area (Å²) >= 11 is 1.39. The van der Waals surface area contributed by atoms with Gasteiger partial charge in [-0.3, -0.25) is 0 Å². The van der Waals surface area contributed by atoms with Gasteiger partial charge in [-0.1, -0.05) is 43.5 Å². The summed E-state index contributed by atoms with van der Waals surface area (Å²) in [4.78, 5) is 1.15. The molecule has 0 bridgehead atoms. The summed E-state index contributed by atoms with van der Waals surface area (Å²) in [5.41, 5.74) is 1.91. The van der Waals surface area contributed by atoms with Gasteiger partial charge in [-0.05, 0) is 60.5 Å². The van der Waals surface area contributed by atoms with E-state index in [0.717, 1.165) is 4.90 Å². The summed E-state index contributed by atoms with van der Waals surface area (Å²) in [5, 5.41) is 5.25. The van der Waals surface area contributed by atoms with Crippen LogP contribution in [0.1, 0.15) is 43.6 Å². The van der Waals surface area contributed by atoms with E-state index in [9.17, 15) is 8.42 Å². The minimum atomic E-state index is -3.73. The number of primary sulfonamides is 1. The molecule has 3 rings (SSSR count). The molecule has 2 aromatic carbocycles. The number of nitrogens with one attached hydrogen (secondary N) is 1. The zero-order chi connectivity index (χ0) is 17.0. The normalized spacial score (nSPS) is 16.0. The highest BCUT2D eigenvalue weighted by atomic mass is 32.2. The summed E-state index contributed by atoms with van der Waals surface area (Å²) in [5.74, 6) is 0.689. The lowest BCUT2D eigenvalue weighted by molar-refractivity contribution is 0.443. The van der Waals surface area contributed by atoms with Crippen LogP contribution in [-0.2, 0) is 10.0 Å². The van der Waals surface area contributed by atoms with Crippen molar-refractivity contribution < 1.29 is 8.42 Å². The molecular weight excluding hydrogens is 340 g/mol. The first-order chi connectivity index (χ1) is 11.5. The Balaban J connectivity index is 1.67. The molecule has 4 nitrogen and oxygen atoms in total. The fraction of sp³-hybridized carbons (Fsp3) is 0.333. The molecule has 0 saturated heterocycles. The van der Waals surface area contributed by atoms with E-state index in [1.54, 1.807) is 18.2 Å². The highest BCUT2D eigenvalue weighted by molar-refractivity contribution is 8.00. The molecule has 24 heavy (non-hydrogen) atoms. The largest absolute Gasteiger partial charge is 0.324 e. The fourth-order valence-electron chi connectivity index (χ4n) is 3.16. The van der Waals surface area contributed by atoms with Gasteiger partial charge < -0.3 is 4.72 Å². The second kappa shape index (κ2) is 7.59. The lowest BCUT2D eigenvalue weighted by atomic mass is 9.84. The van der Waals surface area contributed by atoms with Gasteiger partial charge in [-0.2, -0.15) is 0 Å². The highest BCUT2D eigenvalue weighted by Gasteiger charge is 2.16. The molecule has 0 aromatic heterocycles. The van der Waals surface area contributed by atoms with E-state index in [-0.39, 0.29) is 4.90 Å². The first-order valence-electron chi connectivity index (χ1n) is 8.19. The van der Waals surface area contributed by atoms with Crippen LogP contribution in [0.4, 0.5) is 5.69 Å². The molecule has 0 radical (unpaired) electrons. The van der Waals surface area contributed by atoms with E-state index < -0.39 is 10.0 Å². The Morgan fingerprint density at radius 3 is 2.29 bits per heavy atom. The monoisotopic (exact) mass is 362 g/mol. The highest BCUT2D eigenvalue weighted by Crippen LogP contribution is 2.33. The summed E-state index contributed by atoms with van der Waals surface area (Å²) < 4.78 is 26.3. The Morgan fingerprint density at radius 2 is 1.62 bits per heavy atom. The number of anilines is 1. The Labute approximate surface area is 148 Å². The zero-order valence-electron chi connectivity index (χ0n) is 13.4. The molecule has 0 heterocycles. The molecule has 0 unspecified atom stereocenters. The van der Waals surface area contributed by atoms with Crippen molar-refractivity contribution in [3.8, 4) is 0 Å². The summed E-state index contributed by atoms with van der Waals surface area (Å²) in [6.45, 7) is 0. The van der Waals surface area contributed by atoms with Gasteiger partial charge in [-0.15, -0.1) is 0 Å². The molecule has 1 saturated carbocycles. The number of benzene rings is 2.